The summed E-state index contributed by atoms with van der Waals surface area (Å²) in [5.74, 6) is -1.47. The predicted molar refractivity (Wildman–Crippen MR) is 115 cm³/mol. The van der Waals surface area contributed by atoms with Crippen molar-refractivity contribution in [1.82, 2.24) is 15.5 Å². The van der Waals surface area contributed by atoms with Crippen LogP contribution in [0.25, 0.3) is 0 Å². The lowest BCUT2D eigenvalue weighted by atomic mass is 10.00. The number of aliphatic imine (C=N–C) groups is 1. The number of H-pyrrole nitrogens is 1. The Bertz CT molecular complexity index is 1250. The molecule has 0 saturated carbocycles. The molecule has 5 rings (SSSR count). The maximum absolute atomic E-state index is 14.7. The van der Waals surface area contributed by atoms with E-state index in [1.807, 2.05) is 0 Å². The number of nitrogens with one attached hydrogen (secondary N) is 2. The highest BCUT2D eigenvalue weighted by atomic mass is 19.1. The minimum Gasteiger partial charge on any atom is -0.376 e. The first-order valence-electron chi connectivity index (χ1n) is 10.2. The molecule has 162 valence electrons. The number of ether oxygens (including phenoxy) is 1. The van der Waals surface area contributed by atoms with Crippen molar-refractivity contribution in [1.29, 1.82) is 0 Å². The SMILES string of the molecule is CN1C(=O)C(NC(=O)c2n[nH]c3c2COCC3)N=C(c2ccccc2F)c2ccccc21. The summed E-state index contributed by atoms with van der Waals surface area (Å²) in [6.07, 6.45) is -0.627. The van der Waals surface area contributed by atoms with Gasteiger partial charge in [0.1, 0.15) is 5.82 Å². The van der Waals surface area contributed by atoms with Crippen molar-refractivity contribution in [3.8, 4) is 0 Å². The van der Waals surface area contributed by atoms with E-state index in [1.54, 1.807) is 49.5 Å². The number of hydrogen-bond donors (Lipinski definition) is 2. The average Bonchev–Trinajstić information content (AvgIpc) is 3.22. The van der Waals surface area contributed by atoms with Crippen molar-refractivity contribution in [2.45, 2.75) is 19.2 Å². The molecule has 0 aliphatic carbocycles. The molecule has 2 aliphatic rings. The molecule has 0 bridgehead atoms. The molecule has 2 N–H and O–H groups in total. The van der Waals surface area contributed by atoms with Crippen LogP contribution in [0, 0.1) is 5.82 Å². The van der Waals surface area contributed by atoms with Crippen LogP contribution in [0.15, 0.2) is 53.5 Å². The molecule has 3 heterocycles. The van der Waals surface area contributed by atoms with Gasteiger partial charge in [0.2, 0.25) is 6.17 Å². The van der Waals surface area contributed by atoms with Gasteiger partial charge in [-0.2, -0.15) is 5.10 Å². The lowest BCUT2D eigenvalue weighted by molar-refractivity contribution is -0.119. The average molecular weight is 433 g/mol. The standard InChI is InChI=1S/C23H20FN5O3/c1-29-18-9-5-3-7-14(18)19(13-6-2-4-8-16(13)24)25-21(23(29)31)26-22(30)20-15-12-32-11-10-17(15)27-28-20/h2-9,21H,10-12H2,1H3,(H,26,30)(H,27,28). The molecule has 2 amide bonds. The molecule has 8 nitrogen and oxygen atoms in total. The normalized spacial score (nSPS) is 17.8. The number of para-hydroxylation sites is 1. The highest BCUT2D eigenvalue weighted by Gasteiger charge is 2.33. The third-order valence-corrected chi connectivity index (χ3v) is 5.65. The van der Waals surface area contributed by atoms with Crippen molar-refractivity contribution in [3.05, 3.63) is 82.4 Å². The lowest BCUT2D eigenvalue weighted by Gasteiger charge is -2.21. The van der Waals surface area contributed by atoms with Gasteiger partial charge in [-0.05, 0) is 18.2 Å². The Morgan fingerprint density at radius 3 is 2.75 bits per heavy atom. The number of nitrogens with zero attached hydrogens (tertiary/aromatic N) is 3. The molecule has 0 radical (unpaired) electrons. The Morgan fingerprint density at radius 2 is 1.94 bits per heavy atom. The van der Waals surface area contributed by atoms with Crippen LogP contribution in [0.2, 0.25) is 0 Å². The van der Waals surface area contributed by atoms with E-state index < -0.39 is 23.8 Å². The van der Waals surface area contributed by atoms with Crippen molar-refractivity contribution in [2.75, 3.05) is 18.6 Å². The predicted octanol–water partition coefficient (Wildman–Crippen LogP) is 2.19. The highest BCUT2D eigenvalue weighted by Crippen LogP contribution is 2.28. The van der Waals surface area contributed by atoms with Gasteiger partial charge in [-0.15, -0.1) is 0 Å². The summed E-state index contributed by atoms with van der Waals surface area (Å²) in [7, 11) is 1.60. The molecule has 2 aromatic carbocycles. The van der Waals surface area contributed by atoms with E-state index in [2.05, 4.69) is 20.5 Å². The summed E-state index contributed by atoms with van der Waals surface area (Å²) in [6.45, 7) is 0.818. The van der Waals surface area contributed by atoms with Crippen LogP contribution in [0.4, 0.5) is 10.1 Å². The van der Waals surface area contributed by atoms with Crippen LogP contribution >= 0.6 is 0 Å². The fourth-order valence-electron chi connectivity index (χ4n) is 3.98. The number of amides is 2. The Hall–Kier alpha value is -3.85. The van der Waals surface area contributed by atoms with Crippen LogP contribution in [-0.4, -0.2) is 47.5 Å². The number of hydrogen-bond acceptors (Lipinski definition) is 5. The summed E-state index contributed by atoms with van der Waals surface area (Å²) in [4.78, 5) is 32.2. The number of anilines is 1. The van der Waals surface area contributed by atoms with Gasteiger partial charge in [-0.25, -0.2) is 9.38 Å². The van der Waals surface area contributed by atoms with Gasteiger partial charge in [0.25, 0.3) is 11.8 Å². The van der Waals surface area contributed by atoms with Gasteiger partial charge in [-0.1, -0.05) is 30.3 Å². The number of fused-ring (bicyclic) bond motifs is 2. The van der Waals surface area contributed by atoms with Gasteiger partial charge in [-0.3, -0.25) is 14.7 Å². The first-order valence-corrected chi connectivity index (χ1v) is 10.2. The maximum Gasteiger partial charge on any atom is 0.274 e. The fourth-order valence-corrected chi connectivity index (χ4v) is 3.98. The minimum atomic E-state index is -1.26. The van der Waals surface area contributed by atoms with Gasteiger partial charge < -0.3 is 15.0 Å². The first-order chi connectivity index (χ1) is 15.5. The molecule has 3 aromatic rings. The molecule has 1 atom stereocenters. The second-order valence-corrected chi connectivity index (χ2v) is 7.58. The van der Waals surface area contributed by atoms with Crippen molar-refractivity contribution < 1.29 is 18.7 Å². The van der Waals surface area contributed by atoms with Crippen LogP contribution in [0.1, 0.15) is 32.9 Å². The van der Waals surface area contributed by atoms with E-state index in [0.29, 0.717) is 29.8 Å². The number of benzodiazepines with no additional fused rings is 1. The van der Waals surface area contributed by atoms with Crippen molar-refractivity contribution in [3.63, 3.8) is 0 Å². The third kappa shape index (κ3) is 3.36. The molecule has 0 spiro atoms. The topological polar surface area (TPSA) is 99.7 Å². The van der Waals surface area contributed by atoms with Crippen molar-refractivity contribution >= 4 is 23.2 Å². The van der Waals surface area contributed by atoms with E-state index in [4.69, 9.17) is 4.74 Å². The summed E-state index contributed by atoms with van der Waals surface area (Å²) >= 11 is 0. The van der Waals surface area contributed by atoms with Crippen LogP contribution in [0.5, 0.6) is 0 Å². The lowest BCUT2D eigenvalue weighted by Crippen LogP contribution is -2.46. The van der Waals surface area contributed by atoms with Crippen LogP contribution in [0.3, 0.4) is 0 Å². The number of benzene rings is 2. The van der Waals surface area contributed by atoms with E-state index in [1.165, 1.54) is 11.0 Å². The van der Waals surface area contributed by atoms with E-state index in [-0.39, 0.29) is 23.6 Å². The number of likely N-dealkylation sites (N-methyl/N-ethyl adjacent to an activating group) is 1. The van der Waals surface area contributed by atoms with Crippen LogP contribution in [-0.2, 0) is 22.6 Å². The number of carbonyl (C=O) groups excluding carboxylic acids is 2. The van der Waals surface area contributed by atoms with Crippen molar-refractivity contribution in [2.24, 2.45) is 4.99 Å². The zero-order valence-electron chi connectivity index (χ0n) is 17.3. The Kier molecular flexibility index (Phi) is 5.02. The Labute approximate surface area is 183 Å². The molecule has 1 unspecified atom stereocenters. The quantitative estimate of drug-likeness (QED) is 0.661. The summed E-state index contributed by atoms with van der Waals surface area (Å²) in [5.41, 5.74) is 3.37. The zero-order valence-corrected chi connectivity index (χ0v) is 17.3. The zero-order chi connectivity index (χ0) is 22.2. The van der Waals surface area contributed by atoms with Gasteiger partial charge in [0.05, 0.1) is 24.6 Å². The molecule has 32 heavy (non-hydrogen) atoms. The van der Waals surface area contributed by atoms with E-state index >= 15 is 0 Å². The molecule has 0 fully saturated rings. The number of halogens is 1. The highest BCUT2D eigenvalue weighted by molar-refractivity contribution is 6.20. The molecule has 0 saturated heterocycles. The minimum absolute atomic E-state index is 0.166. The van der Waals surface area contributed by atoms with Gasteiger partial charge in [0.15, 0.2) is 5.69 Å². The molecule has 9 heteroatoms. The Morgan fingerprint density at radius 1 is 1.19 bits per heavy atom. The number of aromatic nitrogens is 2. The fraction of sp³-hybridized carbons (Fsp3) is 0.217. The molecule has 2 aliphatic heterocycles. The number of aromatic amines is 1. The second-order valence-electron chi connectivity index (χ2n) is 7.58. The maximum atomic E-state index is 14.7. The van der Waals surface area contributed by atoms with E-state index in [0.717, 1.165) is 5.69 Å². The summed E-state index contributed by atoms with van der Waals surface area (Å²) in [5, 5.41) is 9.64. The molecule has 1 aromatic heterocycles. The number of carbonyl (C=O) groups is 2. The Balaban J connectivity index is 1.57. The summed E-state index contributed by atoms with van der Waals surface area (Å²) in [6, 6.07) is 13.3. The largest absolute Gasteiger partial charge is 0.376 e. The monoisotopic (exact) mass is 433 g/mol. The van der Waals surface area contributed by atoms with Crippen LogP contribution < -0.4 is 10.2 Å². The number of rotatable bonds is 3. The molecular formula is C23H20FN5O3. The second kappa shape index (κ2) is 8.01. The van der Waals surface area contributed by atoms with Gasteiger partial charge >= 0.3 is 0 Å². The first kappa shape index (κ1) is 20.1. The molecular weight excluding hydrogens is 413 g/mol. The smallest absolute Gasteiger partial charge is 0.274 e. The van der Waals surface area contributed by atoms with E-state index in [9.17, 15) is 14.0 Å². The summed E-state index contributed by atoms with van der Waals surface area (Å²) < 4.78 is 20.1. The third-order valence-electron chi connectivity index (χ3n) is 5.65. The van der Waals surface area contributed by atoms with Gasteiger partial charge in [0, 0.05) is 35.9 Å².